The largest absolute Gasteiger partial charge is 0.476 e. The van der Waals surface area contributed by atoms with Crippen molar-refractivity contribution in [2.24, 2.45) is 0 Å². The highest BCUT2D eigenvalue weighted by molar-refractivity contribution is 9.10. The minimum atomic E-state index is -0.937. The number of nitrogens with zero attached hydrogens (tertiary/aromatic N) is 2. The average molecular weight is 246 g/mol. The molecule has 70 valence electrons. The van der Waals surface area contributed by atoms with Gasteiger partial charge in [-0.05, 0) is 15.9 Å². The van der Waals surface area contributed by atoms with Crippen molar-refractivity contribution in [2.75, 3.05) is 6.54 Å². The van der Waals surface area contributed by atoms with Gasteiger partial charge >= 0.3 is 5.97 Å². The van der Waals surface area contributed by atoms with E-state index in [4.69, 9.17) is 5.11 Å². The summed E-state index contributed by atoms with van der Waals surface area (Å²) in [6, 6.07) is 0. The number of halogens is 1. The van der Waals surface area contributed by atoms with Crippen molar-refractivity contribution in [1.29, 1.82) is 0 Å². The van der Waals surface area contributed by atoms with Crippen molar-refractivity contribution in [3.63, 3.8) is 0 Å². The Labute approximate surface area is 82.9 Å². The van der Waals surface area contributed by atoms with Crippen LogP contribution in [-0.4, -0.2) is 27.2 Å². The number of aromatic nitrogens is 2. The molecule has 1 aliphatic heterocycles. The molecule has 0 fully saturated rings. The van der Waals surface area contributed by atoms with Gasteiger partial charge in [0.25, 0.3) is 0 Å². The first-order valence-electron chi connectivity index (χ1n) is 3.89. The average Bonchev–Trinajstić information content (AvgIpc) is 2.39. The summed E-state index contributed by atoms with van der Waals surface area (Å²) in [4.78, 5) is 15.0. The molecule has 0 unspecified atom stereocenters. The number of hydrogen-bond donors (Lipinski definition) is 2. The molecule has 0 bridgehead atoms. The lowest BCUT2D eigenvalue weighted by Crippen LogP contribution is -2.29. The second-order valence-electron chi connectivity index (χ2n) is 2.80. The predicted octanol–water partition coefficient (Wildman–Crippen LogP) is 0.447. The van der Waals surface area contributed by atoms with Crippen molar-refractivity contribution >= 4 is 21.9 Å². The number of rotatable bonds is 1. The molecule has 2 rings (SSSR count). The monoisotopic (exact) mass is 245 g/mol. The maximum absolute atomic E-state index is 10.8. The Bertz CT molecular complexity index is 361. The lowest BCUT2D eigenvalue weighted by Gasteiger charge is -2.15. The standard InChI is InChI=1S/C7H8BrN3O2/c8-6-5(7(12)13)11-2-1-9-3-4(11)10-6/h9H,1-3H2,(H,12,13). The lowest BCUT2D eigenvalue weighted by molar-refractivity contribution is 0.0683. The van der Waals surface area contributed by atoms with Crippen LogP contribution in [0.25, 0.3) is 0 Å². The predicted molar refractivity (Wildman–Crippen MR) is 48.6 cm³/mol. The molecule has 5 nitrogen and oxygen atoms in total. The molecule has 2 N–H and O–H groups in total. The van der Waals surface area contributed by atoms with Gasteiger partial charge < -0.3 is 15.0 Å². The maximum Gasteiger partial charge on any atom is 0.355 e. The Hall–Kier alpha value is -0.880. The summed E-state index contributed by atoms with van der Waals surface area (Å²) in [6.07, 6.45) is 0. The molecule has 0 atom stereocenters. The van der Waals surface area contributed by atoms with E-state index in [9.17, 15) is 4.79 Å². The van der Waals surface area contributed by atoms with E-state index in [2.05, 4.69) is 26.2 Å². The van der Waals surface area contributed by atoms with Crippen LogP contribution in [0, 0.1) is 0 Å². The van der Waals surface area contributed by atoms with Gasteiger partial charge in [-0.15, -0.1) is 0 Å². The van der Waals surface area contributed by atoms with E-state index in [0.717, 1.165) is 12.4 Å². The number of carboxylic acid groups (broad SMARTS) is 1. The molecular formula is C7H8BrN3O2. The fourth-order valence-corrected chi connectivity index (χ4v) is 2.03. The van der Waals surface area contributed by atoms with E-state index in [-0.39, 0.29) is 5.69 Å². The number of carbonyl (C=O) groups is 1. The third kappa shape index (κ3) is 1.36. The van der Waals surface area contributed by atoms with Crippen LogP contribution in [0.3, 0.4) is 0 Å². The van der Waals surface area contributed by atoms with Crippen molar-refractivity contribution in [1.82, 2.24) is 14.9 Å². The highest BCUT2D eigenvalue weighted by Gasteiger charge is 2.22. The number of carboxylic acids is 1. The molecule has 0 aliphatic carbocycles. The van der Waals surface area contributed by atoms with Crippen LogP contribution in [0.5, 0.6) is 0 Å². The van der Waals surface area contributed by atoms with Crippen molar-refractivity contribution in [2.45, 2.75) is 13.1 Å². The first kappa shape index (κ1) is 8.71. The highest BCUT2D eigenvalue weighted by Crippen LogP contribution is 2.19. The molecule has 0 saturated carbocycles. The van der Waals surface area contributed by atoms with E-state index in [1.54, 1.807) is 4.57 Å². The Kier molecular flexibility index (Phi) is 2.09. The van der Waals surface area contributed by atoms with E-state index < -0.39 is 5.97 Å². The molecule has 1 aliphatic rings. The minimum absolute atomic E-state index is 0.247. The molecule has 1 aromatic heterocycles. The third-order valence-electron chi connectivity index (χ3n) is 2.00. The van der Waals surface area contributed by atoms with Crippen molar-refractivity contribution < 1.29 is 9.90 Å². The zero-order valence-electron chi connectivity index (χ0n) is 6.75. The van der Waals surface area contributed by atoms with Crippen LogP contribution in [0.1, 0.15) is 16.3 Å². The summed E-state index contributed by atoms with van der Waals surface area (Å²) in [5, 5.41) is 12.0. The van der Waals surface area contributed by atoms with Gasteiger partial charge in [0.1, 0.15) is 10.4 Å². The fraction of sp³-hybridized carbons (Fsp3) is 0.429. The summed E-state index contributed by atoms with van der Waals surface area (Å²) in [5.74, 6) is -0.164. The Balaban J connectivity index is 2.54. The van der Waals surface area contributed by atoms with Gasteiger partial charge in [0.2, 0.25) is 0 Å². The zero-order chi connectivity index (χ0) is 9.42. The van der Waals surface area contributed by atoms with E-state index in [1.807, 2.05) is 0 Å². The zero-order valence-corrected chi connectivity index (χ0v) is 8.34. The van der Waals surface area contributed by atoms with Crippen molar-refractivity contribution in [3.05, 3.63) is 16.1 Å². The summed E-state index contributed by atoms with van der Waals surface area (Å²) in [7, 11) is 0. The maximum atomic E-state index is 10.8. The number of aromatic carboxylic acids is 1. The van der Waals surface area contributed by atoms with Gasteiger partial charge in [0, 0.05) is 13.1 Å². The van der Waals surface area contributed by atoms with Crippen LogP contribution in [0.4, 0.5) is 0 Å². The van der Waals surface area contributed by atoms with Gasteiger partial charge in [-0.3, -0.25) is 0 Å². The molecule has 2 heterocycles. The van der Waals surface area contributed by atoms with E-state index >= 15 is 0 Å². The van der Waals surface area contributed by atoms with Gasteiger partial charge in [-0.1, -0.05) is 0 Å². The molecule has 0 spiro atoms. The van der Waals surface area contributed by atoms with Crippen LogP contribution < -0.4 is 5.32 Å². The summed E-state index contributed by atoms with van der Waals surface area (Å²) in [5.41, 5.74) is 0.247. The normalized spacial score (nSPS) is 15.5. The van der Waals surface area contributed by atoms with Gasteiger partial charge in [-0.2, -0.15) is 0 Å². The number of fused-ring (bicyclic) bond motifs is 1. The topological polar surface area (TPSA) is 67.1 Å². The first-order chi connectivity index (χ1) is 6.20. The minimum Gasteiger partial charge on any atom is -0.476 e. The molecule has 6 heteroatoms. The Morgan fingerprint density at radius 1 is 1.69 bits per heavy atom. The SMILES string of the molecule is O=C(O)c1c(Br)nc2n1CCNC2. The molecule has 0 amide bonds. The van der Waals surface area contributed by atoms with E-state index in [0.29, 0.717) is 17.7 Å². The molecule has 0 saturated heterocycles. The molecule has 13 heavy (non-hydrogen) atoms. The Morgan fingerprint density at radius 3 is 3.15 bits per heavy atom. The second kappa shape index (κ2) is 3.12. The first-order valence-corrected chi connectivity index (χ1v) is 4.68. The second-order valence-corrected chi connectivity index (χ2v) is 3.55. The smallest absolute Gasteiger partial charge is 0.355 e. The van der Waals surface area contributed by atoms with Crippen LogP contribution >= 0.6 is 15.9 Å². The third-order valence-corrected chi connectivity index (χ3v) is 2.55. The van der Waals surface area contributed by atoms with Crippen LogP contribution in [0.15, 0.2) is 4.60 Å². The van der Waals surface area contributed by atoms with Gasteiger partial charge in [-0.25, -0.2) is 9.78 Å². The summed E-state index contributed by atoms with van der Waals surface area (Å²) < 4.78 is 2.14. The highest BCUT2D eigenvalue weighted by atomic mass is 79.9. The van der Waals surface area contributed by atoms with Gasteiger partial charge in [0.05, 0.1) is 6.54 Å². The molecule has 0 aromatic carbocycles. The number of imidazole rings is 1. The van der Waals surface area contributed by atoms with Crippen LogP contribution in [0.2, 0.25) is 0 Å². The number of nitrogens with one attached hydrogen (secondary N) is 1. The summed E-state index contributed by atoms with van der Waals surface area (Å²) in [6.45, 7) is 2.08. The van der Waals surface area contributed by atoms with Crippen molar-refractivity contribution in [3.8, 4) is 0 Å². The number of hydrogen-bond acceptors (Lipinski definition) is 3. The summed E-state index contributed by atoms with van der Waals surface area (Å²) >= 11 is 3.14. The lowest BCUT2D eigenvalue weighted by atomic mass is 10.4. The Morgan fingerprint density at radius 2 is 2.46 bits per heavy atom. The van der Waals surface area contributed by atoms with Crippen LogP contribution in [-0.2, 0) is 13.1 Å². The fourth-order valence-electron chi connectivity index (χ4n) is 1.44. The van der Waals surface area contributed by atoms with Gasteiger partial charge in [0.15, 0.2) is 5.69 Å². The molecule has 1 aromatic rings. The molecule has 0 radical (unpaired) electrons. The molecular weight excluding hydrogens is 238 g/mol. The van der Waals surface area contributed by atoms with E-state index in [1.165, 1.54) is 0 Å². The quantitative estimate of drug-likeness (QED) is 0.754.